The first-order chi connectivity index (χ1) is 14.8. The molecule has 0 radical (unpaired) electrons. The minimum Gasteiger partial charge on any atom is -0.349 e. The molecular weight excluding hydrogens is 392 g/mol. The molecule has 5 nitrogen and oxygen atoms in total. The molecule has 3 aromatic heterocycles. The van der Waals surface area contributed by atoms with E-state index in [4.69, 9.17) is 0 Å². The lowest BCUT2D eigenvalue weighted by molar-refractivity contribution is -0.121. The lowest BCUT2D eigenvalue weighted by Gasteiger charge is -2.10. The zero-order valence-electron chi connectivity index (χ0n) is 16.2. The first kappa shape index (κ1) is 18.4. The number of benzene rings is 2. The molecule has 5 aromatic rings. The second-order valence-corrected chi connectivity index (χ2v) is 8.00. The van der Waals surface area contributed by atoms with Crippen molar-refractivity contribution in [3.05, 3.63) is 90.1 Å². The highest BCUT2D eigenvalue weighted by Crippen LogP contribution is 2.31. The molecule has 3 heterocycles. The van der Waals surface area contributed by atoms with Crippen molar-refractivity contribution in [2.45, 2.75) is 13.1 Å². The Bertz CT molecular complexity index is 1290. The number of hydrogen-bond donors (Lipinski definition) is 2. The summed E-state index contributed by atoms with van der Waals surface area (Å²) >= 11 is 1.68. The van der Waals surface area contributed by atoms with Gasteiger partial charge in [-0.25, -0.2) is 4.98 Å². The van der Waals surface area contributed by atoms with Gasteiger partial charge in [-0.3, -0.25) is 4.79 Å². The van der Waals surface area contributed by atoms with Gasteiger partial charge in [-0.15, -0.1) is 11.3 Å². The summed E-state index contributed by atoms with van der Waals surface area (Å²) in [6.07, 6.45) is 1.77. The van der Waals surface area contributed by atoms with Crippen LogP contribution >= 0.6 is 11.3 Å². The quantitative estimate of drug-likeness (QED) is 0.409. The third kappa shape index (κ3) is 3.65. The summed E-state index contributed by atoms with van der Waals surface area (Å²) in [5.41, 5.74) is 4.02. The molecule has 0 aliphatic carbocycles. The lowest BCUT2D eigenvalue weighted by atomic mass is 10.2. The van der Waals surface area contributed by atoms with Gasteiger partial charge in [-0.2, -0.15) is 0 Å². The fourth-order valence-corrected chi connectivity index (χ4v) is 4.34. The zero-order chi connectivity index (χ0) is 20.3. The predicted octanol–water partition coefficient (Wildman–Crippen LogP) is 5.08. The number of imidazole rings is 1. The first-order valence-corrected chi connectivity index (χ1v) is 10.6. The fraction of sp³-hybridized carbons (Fsp3) is 0.0833. The summed E-state index contributed by atoms with van der Waals surface area (Å²) in [6.45, 7) is 0.673. The van der Waals surface area contributed by atoms with Crippen LogP contribution in [-0.4, -0.2) is 20.4 Å². The monoisotopic (exact) mass is 412 g/mol. The lowest BCUT2D eigenvalue weighted by Crippen LogP contribution is -2.27. The van der Waals surface area contributed by atoms with Crippen molar-refractivity contribution >= 4 is 28.1 Å². The normalized spacial score (nSPS) is 11.1. The van der Waals surface area contributed by atoms with Gasteiger partial charge in [0.2, 0.25) is 5.91 Å². The molecule has 0 atom stereocenters. The van der Waals surface area contributed by atoms with Crippen LogP contribution in [-0.2, 0) is 17.9 Å². The number of aromatic nitrogens is 3. The second kappa shape index (κ2) is 8.00. The third-order valence-electron chi connectivity index (χ3n) is 5.04. The minimum absolute atomic E-state index is 0.0370. The van der Waals surface area contributed by atoms with Crippen molar-refractivity contribution in [3.8, 4) is 22.0 Å². The average molecular weight is 413 g/mol. The molecule has 0 saturated heterocycles. The second-order valence-electron chi connectivity index (χ2n) is 7.05. The Morgan fingerprint density at radius 1 is 1.03 bits per heavy atom. The molecule has 30 heavy (non-hydrogen) atoms. The van der Waals surface area contributed by atoms with Crippen LogP contribution in [0, 0.1) is 0 Å². The third-order valence-corrected chi connectivity index (χ3v) is 5.93. The molecule has 0 saturated carbocycles. The minimum atomic E-state index is -0.0370. The molecule has 5 rings (SSSR count). The number of nitrogens with one attached hydrogen (secondary N) is 2. The van der Waals surface area contributed by atoms with Gasteiger partial charge >= 0.3 is 0 Å². The van der Waals surface area contributed by atoms with Crippen LogP contribution in [0.5, 0.6) is 0 Å². The van der Waals surface area contributed by atoms with Crippen LogP contribution in [0.1, 0.15) is 5.69 Å². The van der Waals surface area contributed by atoms with Gasteiger partial charge < -0.3 is 14.9 Å². The number of rotatable bonds is 6. The highest BCUT2D eigenvalue weighted by Gasteiger charge is 2.14. The van der Waals surface area contributed by atoms with E-state index in [-0.39, 0.29) is 12.5 Å². The predicted molar refractivity (Wildman–Crippen MR) is 121 cm³/mol. The number of fused-ring (bicyclic) bond motifs is 1. The van der Waals surface area contributed by atoms with Gasteiger partial charge in [-0.05, 0) is 23.6 Å². The van der Waals surface area contributed by atoms with Gasteiger partial charge in [0.15, 0.2) is 0 Å². The number of amides is 1. The van der Waals surface area contributed by atoms with E-state index < -0.39 is 0 Å². The molecular formula is C24H20N4OS. The number of H-pyrrole nitrogens is 1. The maximum atomic E-state index is 12.8. The number of para-hydroxylation sites is 1. The molecule has 0 aliphatic heterocycles. The van der Waals surface area contributed by atoms with Crippen LogP contribution in [0.25, 0.3) is 32.9 Å². The van der Waals surface area contributed by atoms with Gasteiger partial charge in [-0.1, -0.05) is 54.6 Å². The fourth-order valence-electron chi connectivity index (χ4n) is 3.59. The molecule has 0 spiro atoms. The van der Waals surface area contributed by atoms with E-state index in [1.807, 2.05) is 48.5 Å². The van der Waals surface area contributed by atoms with E-state index in [0.717, 1.165) is 38.6 Å². The standard InChI is InChI=1S/C24H20N4OS/c29-23(25-14-19-15-26-24(27-19)17-7-2-1-3-8-17)16-28-20-10-5-4-9-18(20)13-21(28)22-11-6-12-30-22/h1-13,15H,14,16H2,(H,25,29)(H,26,27). The molecule has 2 N–H and O–H groups in total. The van der Waals surface area contributed by atoms with E-state index in [1.165, 1.54) is 0 Å². The van der Waals surface area contributed by atoms with Gasteiger partial charge in [0.05, 0.1) is 29.0 Å². The molecule has 2 aromatic carbocycles. The van der Waals surface area contributed by atoms with Crippen LogP contribution in [0.2, 0.25) is 0 Å². The first-order valence-electron chi connectivity index (χ1n) is 9.76. The summed E-state index contributed by atoms with van der Waals surface area (Å²) in [5.74, 6) is 0.765. The van der Waals surface area contributed by atoms with E-state index in [1.54, 1.807) is 17.5 Å². The number of nitrogens with zero attached hydrogens (tertiary/aromatic N) is 2. The molecule has 0 fully saturated rings. The van der Waals surface area contributed by atoms with E-state index >= 15 is 0 Å². The Labute approximate surface area is 178 Å². The summed E-state index contributed by atoms with van der Waals surface area (Å²) in [7, 11) is 0. The molecule has 1 amide bonds. The topological polar surface area (TPSA) is 62.7 Å². The summed E-state index contributed by atoms with van der Waals surface area (Å²) in [5, 5.41) is 6.20. The van der Waals surface area contributed by atoms with Crippen LogP contribution in [0.4, 0.5) is 0 Å². The van der Waals surface area contributed by atoms with E-state index in [2.05, 4.69) is 49.5 Å². The molecule has 0 unspecified atom stereocenters. The van der Waals surface area contributed by atoms with Crippen molar-refractivity contribution in [1.82, 2.24) is 19.9 Å². The van der Waals surface area contributed by atoms with E-state index in [0.29, 0.717) is 6.54 Å². The molecule has 6 heteroatoms. The van der Waals surface area contributed by atoms with E-state index in [9.17, 15) is 4.79 Å². The van der Waals surface area contributed by atoms with Gasteiger partial charge in [0, 0.05) is 16.5 Å². The highest BCUT2D eigenvalue weighted by molar-refractivity contribution is 7.13. The summed E-state index contributed by atoms with van der Waals surface area (Å²) in [4.78, 5) is 21.6. The number of hydrogen-bond acceptors (Lipinski definition) is 3. The molecule has 0 aliphatic rings. The SMILES string of the molecule is O=C(Cn1c(-c2cccs2)cc2ccccc21)NCc1cnc(-c2ccccc2)[nH]1. The van der Waals surface area contributed by atoms with Gasteiger partial charge in [0.25, 0.3) is 0 Å². The molecule has 148 valence electrons. The smallest absolute Gasteiger partial charge is 0.240 e. The van der Waals surface area contributed by atoms with Crippen LogP contribution in [0.3, 0.4) is 0 Å². The van der Waals surface area contributed by atoms with Gasteiger partial charge in [0.1, 0.15) is 12.4 Å². The summed E-state index contributed by atoms with van der Waals surface area (Å²) < 4.78 is 2.08. The zero-order valence-corrected chi connectivity index (χ0v) is 17.0. The Hall–Kier alpha value is -3.64. The number of thiophene rings is 1. The Balaban J connectivity index is 1.32. The Morgan fingerprint density at radius 2 is 1.87 bits per heavy atom. The number of aromatic amines is 1. The maximum absolute atomic E-state index is 12.8. The van der Waals surface area contributed by atoms with Crippen molar-refractivity contribution in [2.24, 2.45) is 0 Å². The highest BCUT2D eigenvalue weighted by atomic mass is 32.1. The van der Waals surface area contributed by atoms with Crippen molar-refractivity contribution < 1.29 is 4.79 Å². The maximum Gasteiger partial charge on any atom is 0.240 e. The number of carbonyl (C=O) groups is 1. The largest absolute Gasteiger partial charge is 0.349 e. The van der Waals surface area contributed by atoms with Crippen molar-refractivity contribution in [3.63, 3.8) is 0 Å². The van der Waals surface area contributed by atoms with Crippen LogP contribution < -0.4 is 5.32 Å². The Morgan fingerprint density at radius 3 is 2.70 bits per heavy atom. The number of carbonyl (C=O) groups excluding carboxylic acids is 1. The molecule has 0 bridgehead atoms. The van der Waals surface area contributed by atoms with Crippen LogP contribution in [0.15, 0.2) is 84.4 Å². The van der Waals surface area contributed by atoms with Crippen molar-refractivity contribution in [2.75, 3.05) is 0 Å². The average Bonchev–Trinajstić information content (AvgIpc) is 3.53. The van der Waals surface area contributed by atoms with Crippen molar-refractivity contribution in [1.29, 1.82) is 0 Å². The summed E-state index contributed by atoms with van der Waals surface area (Å²) in [6, 6.07) is 24.4. The Kier molecular flexibility index (Phi) is 4.91.